The van der Waals surface area contributed by atoms with Crippen LogP contribution in [0.4, 0.5) is 0 Å². The summed E-state index contributed by atoms with van der Waals surface area (Å²) in [5.41, 5.74) is 0.263. The fraction of sp³-hybridized carbons (Fsp3) is 0.700. The lowest BCUT2D eigenvalue weighted by molar-refractivity contribution is -0.132. The van der Waals surface area contributed by atoms with Crippen LogP contribution in [0, 0.1) is 0 Å². The largest absolute Gasteiger partial charge is 0.478 e. The number of unbranched alkanes of at least 4 members (excludes halogenated alkanes) is 2. The highest BCUT2D eigenvalue weighted by Crippen LogP contribution is 1.99. The molecule has 0 saturated heterocycles. The van der Waals surface area contributed by atoms with Crippen LogP contribution < -0.4 is 0 Å². The standard InChI is InChI=1S/C10H19NO2/c1-4-5-6-7-11(3)8-9(2)10(12)13/h2,4-8H2,1,3H3,(H,12,13). The Balaban J connectivity index is 3.55. The van der Waals surface area contributed by atoms with Crippen LogP contribution in [0.25, 0.3) is 0 Å². The fourth-order valence-electron chi connectivity index (χ4n) is 1.10. The number of likely N-dealkylation sites (N-methyl/N-ethyl adjacent to an activating group) is 1. The molecule has 13 heavy (non-hydrogen) atoms. The Kier molecular flexibility index (Phi) is 6.24. The Bertz CT molecular complexity index is 178. The van der Waals surface area contributed by atoms with Gasteiger partial charge in [0.05, 0.1) is 0 Å². The van der Waals surface area contributed by atoms with Crippen LogP contribution in [0.5, 0.6) is 0 Å². The van der Waals surface area contributed by atoms with Crippen molar-refractivity contribution in [2.75, 3.05) is 20.1 Å². The lowest BCUT2D eigenvalue weighted by Gasteiger charge is -2.15. The van der Waals surface area contributed by atoms with Crippen LogP contribution in [0.2, 0.25) is 0 Å². The van der Waals surface area contributed by atoms with Gasteiger partial charge in [0.2, 0.25) is 0 Å². The molecule has 0 atom stereocenters. The van der Waals surface area contributed by atoms with E-state index in [0.29, 0.717) is 6.54 Å². The van der Waals surface area contributed by atoms with Gasteiger partial charge < -0.3 is 10.0 Å². The summed E-state index contributed by atoms with van der Waals surface area (Å²) < 4.78 is 0. The lowest BCUT2D eigenvalue weighted by atomic mass is 10.2. The van der Waals surface area contributed by atoms with Crippen molar-refractivity contribution >= 4 is 5.97 Å². The van der Waals surface area contributed by atoms with E-state index in [4.69, 9.17) is 5.11 Å². The smallest absolute Gasteiger partial charge is 0.332 e. The minimum atomic E-state index is -0.901. The Morgan fingerprint density at radius 3 is 2.54 bits per heavy atom. The average molecular weight is 185 g/mol. The van der Waals surface area contributed by atoms with Gasteiger partial charge in [0.1, 0.15) is 0 Å². The van der Waals surface area contributed by atoms with Gasteiger partial charge in [-0.15, -0.1) is 0 Å². The second-order valence-corrected chi connectivity index (χ2v) is 3.35. The zero-order chi connectivity index (χ0) is 10.3. The average Bonchev–Trinajstić information content (AvgIpc) is 2.04. The molecular formula is C10H19NO2. The predicted molar refractivity (Wildman–Crippen MR) is 53.8 cm³/mol. The maximum atomic E-state index is 10.4. The highest BCUT2D eigenvalue weighted by Gasteiger charge is 2.06. The van der Waals surface area contributed by atoms with E-state index in [1.807, 2.05) is 11.9 Å². The van der Waals surface area contributed by atoms with E-state index >= 15 is 0 Å². The van der Waals surface area contributed by atoms with Crippen molar-refractivity contribution < 1.29 is 9.90 Å². The highest BCUT2D eigenvalue weighted by molar-refractivity contribution is 5.86. The second kappa shape index (κ2) is 6.66. The van der Waals surface area contributed by atoms with Gasteiger partial charge in [0, 0.05) is 12.1 Å². The van der Waals surface area contributed by atoms with Crippen molar-refractivity contribution in [3.63, 3.8) is 0 Å². The van der Waals surface area contributed by atoms with Gasteiger partial charge in [-0.3, -0.25) is 0 Å². The van der Waals surface area contributed by atoms with Gasteiger partial charge >= 0.3 is 5.97 Å². The third kappa shape index (κ3) is 6.34. The molecule has 0 radical (unpaired) electrons. The number of aliphatic carboxylic acids is 1. The maximum Gasteiger partial charge on any atom is 0.332 e. The first-order valence-corrected chi connectivity index (χ1v) is 4.67. The topological polar surface area (TPSA) is 40.5 Å². The molecule has 3 nitrogen and oxygen atoms in total. The third-order valence-corrected chi connectivity index (χ3v) is 1.91. The summed E-state index contributed by atoms with van der Waals surface area (Å²) >= 11 is 0. The Hall–Kier alpha value is -0.830. The molecule has 0 aromatic carbocycles. The number of carbonyl (C=O) groups is 1. The van der Waals surface area contributed by atoms with Crippen molar-refractivity contribution in [1.82, 2.24) is 4.90 Å². The summed E-state index contributed by atoms with van der Waals surface area (Å²) in [4.78, 5) is 12.4. The van der Waals surface area contributed by atoms with Crippen LogP contribution in [-0.4, -0.2) is 36.1 Å². The Morgan fingerprint density at radius 2 is 2.08 bits per heavy atom. The molecule has 0 aromatic heterocycles. The number of carboxylic acid groups (broad SMARTS) is 1. The number of hydrogen-bond donors (Lipinski definition) is 1. The third-order valence-electron chi connectivity index (χ3n) is 1.91. The van der Waals surface area contributed by atoms with Crippen LogP contribution >= 0.6 is 0 Å². The fourth-order valence-corrected chi connectivity index (χ4v) is 1.10. The van der Waals surface area contributed by atoms with Gasteiger partial charge in [-0.05, 0) is 20.0 Å². The minimum absolute atomic E-state index is 0.263. The first kappa shape index (κ1) is 12.2. The quantitative estimate of drug-likeness (QED) is 0.485. The predicted octanol–water partition coefficient (Wildman–Crippen LogP) is 1.75. The highest BCUT2D eigenvalue weighted by atomic mass is 16.4. The first-order chi connectivity index (χ1) is 6.07. The summed E-state index contributed by atoms with van der Waals surface area (Å²) in [7, 11) is 1.92. The molecule has 0 fully saturated rings. The summed E-state index contributed by atoms with van der Waals surface area (Å²) in [6.07, 6.45) is 3.51. The molecule has 0 spiro atoms. The van der Waals surface area contributed by atoms with Crippen LogP contribution in [0.15, 0.2) is 12.2 Å². The summed E-state index contributed by atoms with van der Waals surface area (Å²) in [5, 5.41) is 8.58. The van der Waals surface area contributed by atoms with E-state index in [0.717, 1.165) is 13.0 Å². The van der Waals surface area contributed by atoms with E-state index in [1.54, 1.807) is 0 Å². The molecule has 0 aromatic rings. The molecule has 0 unspecified atom stereocenters. The molecule has 0 aliphatic rings. The second-order valence-electron chi connectivity index (χ2n) is 3.35. The molecule has 3 heteroatoms. The molecule has 1 N–H and O–H groups in total. The van der Waals surface area contributed by atoms with Crippen LogP contribution in [0.1, 0.15) is 26.2 Å². The molecule has 76 valence electrons. The van der Waals surface area contributed by atoms with E-state index < -0.39 is 5.97 Å². The molecule has 0 amide bonds. The molecule has 0 rings (SSSR count). The summed E-state index contributed by atoms with van der Waals surface area (Å²) in [6.45, 7) is 7.03. The zero-order valence-electron chi connectivity index (χ0n) is 8.55. The molecule has 0 bridgehead atoms. The Morgan fingerprint density at radius 1 is 1.46 bits per heavy atom. The molecule has 0 aliphatic heterocycles. The monoisotopic (exact) mass is 185 g/mol. The van der Waals surface area contributed by atoms with Crippen molar-refractivity contribution in [1.29, 1.82) is 0 Å². The van der Waals surface area contributed by atoms with Crippen molar-refractivity contribution in [2.45, 2.75) is 26.2 Å². The Labute approximate surface area is 80.0 Å². The first-order valence-electron chi connectivity index (χ1n) is 4.67. The SMILES string of the molecule is C=C(CN(C)CCCCC)C(=O)O. The van der Waals surface area contributed by atoms with Crippen molar-refractivity contribution in [3.05, 3.63) is 12.2 Å². The molecule has 0 aliphatic carbocycles. The minimum Gasteiger partial charge on any atom is -0.478 e. The molecular weight excluding hydrogens is 166 g/mol. The van der Waals surface area contributed by atoms with Crippen molar-refractivity contribution in [2.24, 2.45) is 0 Å². The van der Waals surface area contributed by atoms with Gasteiger partial charge in [-0.1, -0.05) is 26.3 Å². The maximum absolute atomic E-state index is 10.4. The van der Waals surface area contributed by atoms with E-state index in [2.05, 4.69) is 13.5 Å². The normalized spacial score (nSPS) is 10.4. The van der Waals surface area contributed by atoms with Crippen LogP contribution in [-0.2, 0) is 4.79 Å². The number of rotatable bonds is 7. The zero-order valence-corrected chi connectivity index (χ0v) is 8.55. The number of nitrogens with zero attached hydrogens (tertiary/aromatic N) is 1. The van der Waals surface area contributed by atoms with Crippen molar-refractivity contribution in [3.8, 4) is 0 Å². The van der Waals surface area contributed by atoms with E-state index in [-0.39, 0.29) is 5.57 Å². The van der Waals surface area contributed by atoms with Gasteiger partial charge in [0.25, 0.3) is 0 Å². The molecule has 0 heterocycles. The number of hydrogen-bond acceptors (Lipinski definition) is 2. The number of carboxylic acids is 1. The summed E-state index contributed by atoms with van der Waals surface area (Å²) in [6, 6.07) is 0. The summed E-state index contributed by atoms with van der Waals surface area (Å²) in [5.74, 6) is -0.901. The van der Waals surface area contributed by atoms with Crippen LogP contribution in [0.3, 0.4) is 0 Å². The van der Waals surface area contributed by atoms with E-state index in [1.165, 1.54) is 12.8 Å². The van der Waals surface area contributed by atoms with Gasteiger partial charge in [0.15, 0.2) is 0 Å². The van der Waals surface area contributed by atoms with Gasteiger partial charge in [-0.2, -0.15) is 0 Å². The molecule has 0 saturated carbocycles. The lowest BCUT2D eigenvalue weighted by Crippen LogP contribution is -2.24. The van der Waals surface area contributed by atoms with E-state index in [9.17, 15) is 4.79 Å². The van der Waals surface area contributed by atoms with Gasteiger partial charge in [-0.25, -0.2) is 4.79 Å².